The maximum Gasteiger partial charge on any atom is 0.426 e. The van der Waals surface area contributed by atoms with Crippen LogP contribution in [0.1, 0.15) is 59.3 Å². The maximum absolute atomic E-state index is 13.2. The van der Waals surface area contributed by atoms with Gasteiger partial charge in [-0.3, -0.25) is 4.79 Å². The fourth-order valence-electron chi connectivity index (χ4n) is 13.5. The van der Waals surface area contributed by atoms with E-state index in [2.05, 4.69) is 295 Å². The Hall–Kier alpha value is -9.90. The van der Waals surface area contributed by atoms with E-state index in [1.54, 1.807) is 0 Å². The van der Waals surface area contributed by atoms with E-state index in [-0.39, 0.29) is 80.1 Å². The molecule has 0 saturated heterocycles. The lowest BCUT2D eigenvalue weighted by Gasteiger charge is -2.59. The van der Waals surface area contributed by atoms with Crippen LogP contribution in [0.4, 0.5) is 39.5 Å². The first-order valence-corrected chi connectivity index (χ1v) is 44.4. The maximum atomic E-state index is 13.2. The van der Waals surface area contributed by atoms with Gasteiger partial charge >= 0.3 is 42.4 Å². The molecule has 4 saturated carbocycles. The summed E-state index contributed by atoms with van der Waals surface area (Å²) in [7, 11) is -15.6. The van der Waals surface area contributed by atoms with Crippen LogP contribution < -0.4 is 0 Å². The Morgan fingerprint density at radius 3 is 0.915 bits per heavy atom. The minimum atomic E-state index is -5.27. The molecule has 4 fully saturated rings. The van der Waals surface area contributed by atoms with E-state index in [4.69, 9.17) is 4.74 Å². The van der Waals surface area contributed by atoms with E-state index in [1.807, 2.05) is 0 Å². The first-order chi connectivity index (χ1) is 55.3. The summed E-state index contributed by atoms with van der Waals surface area (Å²) in [6, 6.07) is 92.7. The van der Waals surface area contributed by atoms with E-state index in [0.29, 0.717) is 12.8 Å². The van der Waals surface area contributed by atoms with E-state index in [0.717, 1.165) is 20.3 Å². The molecule has 10 aromatic rings. The van der Waals surface area contributed by atoms with Crippen LogP contribution >= 0.6 is 10.5 Å². The number of hydrogen-bond acceptors (Lipinski definition) is 17. The van der Waals surface area contributed by atoms with Gasteiger partial charge in [-0.2, -0.15) is 39.5 Å². The third kappa shape index (κ3) is 27.6. The second-order valence-corrected chi connectivity index (χ2v) is 38.1. The summed E-state index contributed by atoms with van der Waals surface area (Å²) in [6.45, 7) is 13.2. The molecule has 5 atom stereocenters. The van der Waals surface area contributed by atoms with Gasteiger partial charge in [-0.15, -0.1) is 0 Å². The van der Waals surface area contributed by atoms with Crippen molar-refractivity contribution in [3.63, 3.8) is 0 Å². The molecular weight excluding hydrogens is 1670 g/mol. The fourth-order valence-corrected chi connectivity index (χ4v) is 22.0. The summed E-state index contributed by atoms with van der Waals surface area (Å²) in [5, 5.41) is 2.79. The minimum absolute atomic E-state index is 0.0134. The molecule has 1 heterocycles. The Balaban J connectivity index is 0.000000179. The van der Waals surface area contributed by atoms with Crippen molar-refractivity contribution in [1.82, 2.24) is 0 Å². The summed E-state index contributed by atoms with van der Waals surface area (Å²) in [5.41, 5.74) is -2.77. The number of halogens is 9. The number of alkyl halides is 9. The van der Waals surface area contributed by atoms with Crippen LogP contribution in [0.3, 0.4) is 0 Å². The lowest BCUT2D eigenvalue weighted by atomic mass is 9.48. The highest BCUT2D eigenvalue weighted by molar-refractivity contribution is 7.97. The number of carbonyl (C=O) groups excluding carboxylic acids is 4. The van der Waals surface area contributed by atoms with Crippen molar-refractivity contribution in [2.45, 2.75) is 131 Å². The monoisotopic (exact) mass is 1750 g/mol. The molecule has 0 amide bonds. The topological polar surface area (TPSA) is 277 Å². The Bertz CT molecular complexity index is 4990. The Morgan fingerprint density at radius 2 is 0.653 bits per heavy atom. The van der Waals surface area contributed by atoms with E-state index in [9.17, 15) is 97.6 Å². The first-order valence-electron chi connectivity index (χ1n) is 35.9. The zero-order valence-electron chi connectivity index (χ0n) is 63.5. The van der Waals surface area contributed by atoms with Gasteiger partial charge in [-0.25, -0.2) is 39.6 Å². The van der Waals surface area contributed by atoms with Crippen molar-refractivity contribution in [3.05, 3.63) is 297 Å². The fraction of sp³-hybridized carbons (Fsp3) is 0.256. The van der Waals surface area contributed by atoms with Gasteiger partial charge in [0.2, 0.25) is 18.3 Å². The SMILES string of the molecule is C=C(C)C(=O)OC(CS(=O)(=O)[O-])C(F)(F)F.C=C(C)C(=O)OC(CS(=O)(=O)[O-])C(F)(F)F.C=C(C)C(=O)OC12CC3CC(C1)CC(C(=O)OC(CS(=O)(=O)[O-])C(F)(F)F)(C3)C2.c1ccc(-[s+]2c3ccccc3c3ccccc32)cc1.c1ccc([S+](c2ccccc2)c2ccccc2)cc1.c1ccc([S+](c2ccccc2)c2ccccc2)cc1. The number of esters is 4. The highest BCUT2D eigenvalue weighted by atomic mass is 32.2. The molecule has 0 N–H and O–H groups in total. The van der Waals surface area contributed by atoms with Crippen LogP contribution in [0.5, 0.6) is 0 Å². The third-order valence-electron chi connectivity index (χ3n) is 18.1. The Morgan fingerprint density at radius 1 is 0.398 bits per heavy atom. The van der Waals surface area contributed by atoms with Gasteiger partial charge < -0.3 is 32.6 Å². The van der Waals surface area contributed by atoms with Gasteiger partial charge in [0.15, 0.2) is 43.7 Å². The zero-order chi connectivity index (χ0) is 86.6. The number of rotatable bonds is 21. The molecule has 9 aromatic carbocycles. The number of fused-ring (bicyclic) bond motifs is 3. The lowest BCUT2D eigenvalue weighted by Crippen LogP contribution is -2.60. The van der Waals surface area contributed by atoms with Gasteiger partial charge in [-0.1, -0.05) is 171 Å². The molecule has 4 bridgehead atoms. The van der Waals surface area contributed by atoms with Gasteiger partial charge in [-0.05, 0) is 174 Å². The number of hydrogen-bond donors (Lipinski definition) is 0. The summed E-state index contributed by atoms with van der Waals surface area (Å²) < 4.78 is 227. The molecule has 32 heteroatoms. The largest absolute Gasteiger partial charge is 0.748 e. The molecule has 4 aliphatic carbocycles. The Kier molecular flexibility index (Phi) is 32.3. The van der Waals surface area contributed by atoms with Crippen LogP contribution in [0.2, 0.25) is 0 Å². The molecule has 0 radical (unpaired) electrons. The van der Waals surface area contributed by atoms with Crippen molar-refractivity contribution in [2.75, 3.05) is 17.3 Å². The molecule has 5 unspecified atom stereocenters. The van der Waals surface area contributed by atoms with Crippen molar-refractivity contribution in [1.29, 1.82) is 0 Å². The van der Waals surface area contributed by atoms with Gasteiger partial charge in [0.05, 0.1) is 74.8 Å². The molecule has 0 aliphatic heterocycles. The minimum Gasteiger partial charge on any atom is -0.748 e. The smallest absolute Gasteiger partial charge is 0.426 e. The van der Waals surface area contributed by atoms with Crippen LogP contribution in [0, 0.1) is 17.3 Å². The van der Waals surface area contributed by atoms with Crippen molar-refractivity contribution < 1.29 is 117 Å². The van der Waals surface area contributed by atoms with E-state index >= 15 is 0 Å². The van der Waals surface area contributed by atoms with Gasteiger partial charge in [0.1, 0.15) is 5.60 Å². The van der Waals surface area contributed by atoms with Crippen LogP contribution in [-0.2, 0) is 90.3 Å². The normalized spacial score (nSPS) is 17.6. The number of ether oxygens (including phenoxy) is 4. The van der Waals surface area contributed by atoms with E-state index < -0.39 is 119 Å². The van der Waals surface area contributed by atoms with Gasteiger partial charge in [0.25, 0.3) is 0 Å². The van der Waals surface area contributed by atoms with Gasteiger partial charge in [0, 0.05) is 44.4 Å². The van der Waals surface area contributed by atoms with Crippen LogP contribution in [0.15, 0.2) is 327 Å². The van der Waals surface area contributed by atoms with Crippen molar-refractivity contribution in [3.8, 4) is 4.90 Å². The predicted molar refractivity (Wildman–Crippen MR) is 430 cm³/mol. The summed E-state index contributed by atoms with van der Waals surface area (Å²) in [5.74, 6) is -10.2. The highest BCUT2D eigenvalue weighted by Gasteiger charge is 2.64. The number of benzene rings is 9. The molecule has 4 aliphatic rings. The molecule has 1 aromatic heterocycles. The molecule has 626 valence electrons. The second-order valence-electron chi connectivity index (χ2n) is 27.7. The van der Waals surface area contributed by atoms with Crippen LogP contribution in [-0.4, -0.2) is 122 Å². The van der Waals surface area contributed by atoms with E-state index in [1.165, 1.54) is 61.4 Å². The summed E-state index contributed by atoms with van der Waals surface area (Å²) in [4.78, 5) is 56.0. The lowest BCUT2D eigenvalue weighted by molar-refractivity contribution is -0.236. The molecule has 0 spiro atoms. The molecule has 14 rings (SSSR count). The second kappa shape index (κ2) is 40.7. The number of carbonyl (C=O) groups is 4. The average Bonchev–Trinajstić information content (AvgIpc) is 0.924. The Labute approximate surface area is 686 Å². The quantitative estimate of drug-likeness (QED) is 0.0161. The molecule has 118 heavy (non-hydrogen) atoms. The van der Waals surface area contributed by atoms with Crippen LogP contribution in [0.25, 0.3) is 25.1 Å². The molecular formula is C86H81F9O17S6. The highest BCUT2D eigenvalue weighted by Crippen LogP contribution is 2.63. The average molecular weight is 1750 g/mol. The predicted octanol–water partition coefficient (Wildman–Crippen LogP) is 18.9. The number of thiophene rings is 1. The molecule has 17 nitrogen and oxygen atoms in total. The summed E-state index contributed by atoms with van der Waals surface area (Å²) >= 11 is 0. The van der Waals surface area contributed by atoms with Crippen molar-refractivity contribution in [2.24, 2.45) is 17.3 Å². The standard InChI is InChI=1S/C18H23F3O7S.C18H13S.2C18H15S.2C7H9F3O5S/c1-10(2)14(22)28-17-6-11-3-12(7-17)5-16(4-11,9-17)15(23)27-13(18(19,20)21)8-29(24,25)26;1-2-8-14(9-3-1)19-17-12-6-4-10-15(17)16-11-5-7-13-18(16)19;2*1-4-10-16(11-5-1)19(17-12-6-2-7-13-17)18-14-8-3-9-15-18;2*1-4(2)6(11)15-5(7(8,9)10)3-16(12,13)14/h11-13H,1,3-9H2,2H3,(H,24,25,26);1-13H;2*1-15H;2*5H,1,3H2,2H3,(H,12,13,14)/q;3*+1;;/p-3. The zero-order valence-corrected chi connectivity index (χ0v) is 68.4. The van der Waals surface area contributed by atoms with Crippen molar-refractivity contribution >= 4 is 107 Å². The first kappa shape index (κ1) is 93.6. The third-order valence-corrected chi connectivity index (χ3v) is 27.0. The summed E-state index contributed by atoms with van der Waals surface area (Å²) in [6.07, 6.45) is -22.0.